The molecule has 0 amide bonds. The van der Waals surface area contributed by atoms with Crippen LogP contribution < -0.4 is 15.4 Å². The Balaban J connectivity index is 0.00000112. The Bertz CT molecular complexity index is 1030. The third kappa shape index (κ3) is 4.32. The highest BCUT2D eigenvalue weighted by Gasteiger charge is 2.25. The predicted octanol–water partition coefficient (Wildman–Crippen LogP) is 3.79. The molecule has 0 spiro atoms. The van der Waals surface area contributed by atoms with Crippen LogP contribution in [0, 0.1) is 5.82 Å². The van der Waals surface area contributed by atoms with Crippen LogP contribution in [0.15, 0.2) is 18.5 Å². The highest BCUT2D eigenvalue weighted by molar-refractivity contribution is 5.62. The van der Waals surface area contributed by atoms with Crippen LogP contribution in [-0.2, 0) is 0 Å². The van der Waals surface area contributed by atoms with E-state index in [1.165, 1.54) is 19.0 Å². The molecule has 2 aliphatic rings. The van der Waals surface area contributed by atoms with Gasteiger partial charge in [0.05, 0.1) is 19.5 Å². The minimum Gasteiger partial charge on any atom is -0.495 e. The van der Waals surface area contributed by atoms with Crippen molar-refractivity contribution in [1.29, 1.82) is 0 Å². The first kappa shape index (κ1) is 21.4. The van der Waals surface area contributed by atoms with Gasteiger partial charge < -0.3 is 15.4 Å². The molecule has 2 N–H and O–H groups in total. The van der Waals surface area contributed by atoms with Crippen molar-refractivity contribution in [3.8, 4) is 17.1 Å². The number of halogens is 1. The van der Waals surface area contributed by atoms with Crippen LogP contribution in [0.4, 0.5) is 10.3 Å². The number of fused-ring (bicyclic) bond motifs is 1. The van der Waals surface area contributed by atoms with Crippen LogP contribution >= 0.6 is 0 Å². The number of aromatic nitrogens is 5. The summed E-state index contributed by atoms with van der Waals surface area (Å²) in [7, 11) is 1.65. The average Bonchev–Trinajstić information content (AvgIpc) is 3.57. The van der Waals surface area contributed by atoms with E-state index >= 15 is 0 Å². The number of ether oxygens (including phenoxy) is 1. The van der Waals surface area contributed by atoms with Gasteiger partial charge in [0.2, 0.25) is 5.95 Å². The molecule has 9 heteroatoms. The molecule has 5 rings (SSSR count). The van der Waals surface area contributed by atoms with E-state index in [1.807, 2.05) is 19.9 Å². The molecular formula is C22H30FN7O. The van der Waals surface area contributed by atoms with Gasteiger partial charge in [-0.1, -0.05) is 26.7 Å². The highest BCUT2D eigenvalue weighted by atomic mass is 19.1. The number of anilines is 1. The molecule has 0 radical (unpaired) electrons. The zero-order valence-electron chi connectivity index (χ0n) is 18.4. The standard InChI is InChI=1S/C20H24FN7O.C2H6/c1-29-16-8-17-23-11-15(28(17)27-18(16)12-4-2-3-5-12)19-14(21)10-24-20(26-19)25-13-6-7-22-9-13;1-2/h8,10-13,22H,2-7,9H2,1H3,(H,24,25,26);1-2H3. The zero-order valence-corrected chi connectivity index (χ0v) is 18.4. The predicted molar refractivity (Wildman–Crippen MR) is 118 cm³/mol. The second-order valence-corrected chi connectivity index (χ2v) is 7.72. The van der Waals surface area contributed by atoms with E-state index in [2.05, 4.69) is 25.6 Å². The molecule has 1 unspecified atom stereocenters. The maximum absolute atomic E-state index is 14.7. The summed E-state index contributed by atoms with van der Waals surface area (Å²) in [6.45, 7) is 5.80. The van der Waals surface area contributed by atoms with Gasteiger partial charge in [0, 0.05) is 24.6 Å². The summed E-state index contributed by atoms with van der Waals surface area (Å²) < 4.78 is 21.9. The van der Waals surface area contributed by atoms with Crippen LogP contribution in [0.3, 0.4) is 0 Å². The lowest BCUT2D eigenvalue weighted by Gasteiger charge is -2.14. The van der Waals surface area contributed by atoms with Gasteiger partial charge in [-0.3, -0.25) is 0 Å². The molecule has 1 aliphatic carbocycles. The number of nitrogens with zero attached hydrogens (tertiary/aromatic N) is 5. The molecule has 4 heterocycles. The van der Waals surface area contributed by atoms with Gasteiger partial charge in [-0.15, -0.1) is 0 Å². The van der Waals surface area contributed by atoms with Crippen LogP contribution in [0.25, 0.3) is 17.0 Å². The highest BCUT2D eigenvalue weighted by Crippen LogP contribution is 2.38. The number of imidazole rings is 1. The molecule has 31 heavy (non-hydrogen) atoms. The van der Waals surface area contributed by atoms with Crippen LogP contribution in [0.2, 0.25) is 0 Å². The van der Waals surface area contributed by atoms with Crippen LogP contribution in [0.5, 0.6) is 5.75 Å². The van der Waals surface area contributed by atoms with Gasteiger partial charge in [0.25, 0.3) is 0 Å². The number of methoxy groups -OCH3 is 1. The summed E-state index contributed by atoms with van der Waals surface area (Å²) in [6.07, 6.45) is 8.35. The molecule has 0 aromatic carbocycles. The molecule has 2 fully saturated rings. The second-order valence-electron chi connectivity index (χ2n) is 7.72. The fraction of sp³-hybridized carbons (Fsp3) is 0.545. The first-order valence-electron chi connectivity index (χ1n) is 11.2. The summed E-state index contributed by atoms with van der Waals surface area (Å²) in [6, 6.07) is 2.11. The SMILES string of the molecule is CC.COc1cc2ncc(-c3nc(NC4CCNC4)ncc3F)n2nc1C1CCCC1. The van der Waals surface area contributed by atoms with Crippen molar-refractivity contribution in [2.45, 2.75) is 57.9 Å². The summed E-state index contributed by atoms with van der Waals surface area (Å²) in [5.41, 5.74) is 2.21. The van der Waals surface area contributed by atoms with E-state index in [1.54, 1.807) is 17.8 Å². The summed E-state index contributed by atoms with van der Waals surface area (Å²) in [5, 5.41) is 11.4. The van der Waals surface area contributed by atoms with Gasteiger partial charge in [-0.25, -0.2) is 23.9 Å². The van der Waals surface area contributed by atoms with Crippen LogP contribution in [-0.4, -0.2) is 50.8 Å². The maximum Gasteiger partial charge on any atom is 0.223 e. The van der Waals surface area contributed by atoms with E-state index in [0.29, 0.717) is 23.2 Å². The van der Waals surface area contributed by atoms with E-state index in [0.717, 1.165) is 43.8 Å². The van der Waals surface area contributed by atoms with E-state index in [4.69, 9.17) is 9.84 Å². The normalized spacial score (nSPS) is 18.8. The Morgan fingerprint density at radius 2 is 1.97 bits per heavy atom. The van der Waals surface area contributed by atoms with Crippen molar-refractivity contribution in [3.05, 3.63) is 30.0 Å². The Morgan fingerprint density at radius 3 is 2.68 bits per heavy atom. The average molecular weight is 428 g/mol. The van der Waals surface area contributed by atoms with E-state index in [9.17, 15) is 4.39 Å². The van der Waals surface area contributed by atoms with Gasteiger partial charge >= 0.3 is 0 Å². The fourth-order valence-electron chi connectivity index (χ4n) is 4.30. The van der Waals surface area contributed by atoms with Crippen molar-refractivity contribution in [3.63, 3.8) is 0 Å². The Morgan fingerprint density at radius 1 is 1.16 bits per heavy atom. The number of nitrogens with one attached hydrogen (secondary N) is 2. The monoisotopic (exact) mass is 427 g/mol. The van der Waals surface area contributed by atoms with Gasteiger partial charge in [-0.05, 0) is 25.8 Å². The third-order valence-corrected chi connectivity index (χ3v) is 5.83. The fourth-order valence-corrected chi connectivity index (χ4v) is 4.30. The molecule has 166 valence electrons. The molecular weight excluding hydrogens is 397 g/mol. The van der Waals surface area contributed by atoms with Gasteiger partial charge in [0.15, 0.2) is 11.5 Å². The topological polar surface area (TPSA) is 89.3 Å². The van der Waals surface area contributed by atoms with E-state index < -0.39 is 5.82 Å². The molecule has 8 nitrogen and oxygen atoms in total. The van der Waals surface area contributed by atoms with Gasteiger partial charge in [-0.2, -0.15) is 5.10 Å². The molecule has 1 saturated heterocycles. The molecule has 3 aromatic heterocycles. The Kier molecular flexibility index (Phi) is 6.60. The minimum atomic E-state index is -0.498. The number of hydrogen-bond donors (Lipinski definition) is 2. The third-order valence-electron chi connectivity index (χ3n) is 5.83. The molecule has 3 aromatic rings. The van der Waals surface area contributed by atoms with Crippen molar-refractivity contribution in [2.24, 2.45) is 0 Å². The van der Waals surface area contributed by atoms with E-state index in [-0.39, 0.29) is 11.7 Å². The van der Waals surface area contributed by atoms with Gasteiger partial charge in [0.1, 0.15) is 22.8 Å². The van der Waals surface area contributed by atoms with Crippen molar-refractivity contribution in [1.82, 2.24) is 29.9 Å². The first-order valence-corrected chi connectivity index (χ1v) is 11.2. The number of hydrogen-bond acceptors (Lipinski definition) is 7. The van der Waals surface area contributed by atoms with Crippen molar-refractivity contribution in [2.75, 3.05) is 25.5 Å². The number of rotatable bonds is 5. The quantitative estimate of drug-likeness (QED) is 0.640. The Hall–Kier alpha value is -2.81. The van der Waals surface area contributed by atoms with Crippen molar-refractivity contribution < 1.29 is 9.13 Å². The molecule has 0 bridgehead atoms. The van der Waals surface area contributed by atoms with Crippen LogP contribution in [0.1, 0.15) is 57.6 Å². The van der Waals surface area contributed by atoms with Crippen molar-refractivity contribution >= 4 is 11.6 Å². The minimum absolute atomic E-state index is 0.191. The summed E-state index contributed by atoms with van der Waals surface area (Å²) in [5.74, 6) is 1.00. The second kappa shape index (κ2) is 9.55. The largest absolute Gasteiger partial charge is 0.495 e. The molecule has 1 saturated carbocycles. The lowest BCUT2D eigenvalue weighted by molar-refractivity contribution is 0.399. The zero-order chi connectivity index (χ0) is 21.8. The summed E-state index contributed by atoms with van der Waals surface area (Å²) in [4.78, 5) is 13.0. The maximum atomic E-state index is 14.7. The first-order chi connectivity index (χ1) is 15.2. The lowest BCUT2D eigenvalue weighted by Crippen LogP contribution is -2.23. The lowest BCUT2D eigenvalue weighted by atomic mass is 10.0. The molecule has 1 atom stereocenters. The Labute approximate surface area is 181 Å². The summed E-state index contributed by atoms with van der Waals surface area (Å²) >= 11 is 0. The molecule has 1 aliphatic heterocycles. The smallest absolute Gasteiger partial charge is 0.223 e.